The van der Waals surface area contributed by atoms with E-state index < -0.39 is 24.1 Å². The standard InChI is InChI=1S/C14H20N2O6/c1-9(17)16-8-10(7-11(16)14(20)15(2)3)22-13(19)6-5-12(18)21-4/h5-6,10-11H,7-8H2,1-4H3/b6-5+/t10-,11+/m1/s1. The Bertz CT molecular complexity index is 500. The molecule has 0 aromatic heterocycles. The lowest BCUT2D eigenvalue weighted by atomic mass is 10.1. The lowest BCUT2D eigenvalue weighted by molar-refractivity contribution is -0.144. The SMILES string of the molecule is COC(=O)/C=C/C(=O)O[C@@H]1C[C@@H](C(=O)N(C)C)N(C(C)=O)C1. The van der Waals surface area contributed by atoms with Gasteiger partial charge in [0.2, 0.25) is 11.8 Å². The van der Waals surface area contributed by atoms with E-state index in [0.29, 0.717) is 0 Å². The maximum Gasteiger partial charge on any atom is 0.331 e. The molecular formula is C14H20N2O6. The third-order valence-corrected chi connectivity index (χ3v) is 3.23. The molecule has 1 aliphatic heterocycles. The molecule has 2 atom stereocenters. The van der Waals surface area contributed by atoms with Gasteiger partial charge in [0.25, 0.3) is 0 Å². The molecule has 0 aliphatic carbocycles. The highest BCUT2D eigenvalue weighted by molar-refractivity contribution is 5.92. The Kier molecular flexibility index (Phi) is 6.09. The van der Waals surface area contributed by atoms with Crippen LogP contribution in [0, 0.1) is 0 Å². The number of hydrogen-bond acceptors (Lipinski definition) is 6. The monoisotopic (exact) mass is 312 g/mol. The van der Waals surface area contributed by atoms with E-state index in [-0.39, 0.29) is 24.8 Å². The highest BCUT2D eigenvalue weighted by atomic mass is 16.5. The second kappa shape index (κ2) is 7.58. The number of nitrogens with zero attached hydrogens (tertiary/aromatic N) is 2. The Balaban J connectivity index is 2.69. The largest absolute Gasteiger partial charge is 0.466 e. The number of amides is 2. The van der Waals surface area contributed by atoms with Gasteiger partial charge in [0.05, 0.1) is 13.7 Å². The van der Waals surface area contributed by atoms with E-state index in [2.05, 4.69) is 4.74 Å². The summed E-state index contributed by atoms with van der Waals surface area (Å²) in [4.78, 5) is 48.9. The summed E-state index contributed by atoms with van der Waals surface area (Å²) in [5, 5.41) is 0. The summed E-state index contributed by atoms with van der Waals surface area (Å²) in [6.07, 6.45) is 1.54. The molecule has 0 bridgehead atoms. The van der Waals surface area contributed by atoms with Crippen LogP contribution < -0.4 is 0 Å². The molecule has 0 saturated carbocycles. The molecule has 0 aromatic rings. The molecule has 8 heteroatoms. The first-order chi connectivity index (χ1) is 10.3. The van der Waals surface area contributed by atoms with Crippen molar-refractivity contribution in [3.63, 3.8) is 0 Å². The number of hydrogen-bond donors (Lipinski definition) is 0. The summed E-state index contributed by atoms with van der Waals surface area (Å²) < 4.78 is 9.51. The normalized spacial score (nSPS) is 20.8. The second-order valence-electron chi connectivity index (χ2n) is 5.07. The molecule has 1 aliphatic rings. The molecule has 0 N–H and O–H groups in total. The van der Waals surface area contributed by atoms with Gasteiger partial charge in [0, 0.05) is 39.6 Å². The molecule has 122 valence electrons. The van der Waals surface area contributed by atoms with Gasteiger partial charge in [-0.25, -0.2) is 9.59 Å². The first kappa shape index (κ1) is 17.7. The number of rotatable bonds is 4. The number of likely N-dealkylation sites (tertiary alicyclic amines) is 1. The van der Waals surface area contributed by atoms with Crippen molar-refractivity contribution in [3.05, 3.63) is 12.2 Å². The summed E-state index contributed by atoms with van der Waals surface area (Å²) in [6.45, 7) is 1.51. The smallest absolute Gasteiger partial charge is 0.331 e. The maximum absolute atomic E-state index is 12.1. The van der Waals surface area contributed by atoms with Crippen molar-refractivity contribution in [2.24, 2.45) is 0 Å². The van der Waals surface area contributed by atoms with Crippen LogP contribution in [0.1, 0.15) is 13.3 Å². The Labute approximate surface area is 128 Å². The predicted octanol–water partition coefficient (Wildman–Crippen LogP) is -0.664. The van der Waals surface area contributed by atoms with Crippen molar-refractivity contribution in [1.29, 1.82) is 0 Å². The number of carbonyl (C=O) groups is 4. The molecule has 0 aromatic carbocycles. The minimum absolute atomic E-state index is 0.150. The number of methoxy groups -OCH3 is 1. The van der Waals surface area contributed by atoms with Crippen LogP contribution in [0.3, 0.4) is 0 Å². The topological polar surface area (TPSA) is 93.2 Å². The summed E-state index contributed by atoms with van der Waals surface area (Å²) >= 11 is 0. The third kappa shape index (κ3) is 4.57. The van der Waals surface area contributed by atoms with Crippen LogP contribution in [0.4, 0.5) is 0 Å². The average Bonchev–Trinajstić information content (AvgIpc) is 2.87. The van der Waals surface area contributed by atoms with Gasteiger partial charge < -0.3 is 19.3 Å². The van der Waals surface area contributed by atoms with Crippen LogP contribution in [0.25, 0.3) is 0 Å². The molecule has 0 spiro atoms. The second-order valence-corrected chi connectivity index (χ2v) is 5.07. The first-order valence-corrected chi connectivity index (χ1v) is 6.71. The highest BCUT2D eigenvalue weighted by Crippen LogP contribution is 2.22. The fourth-order valence-corrected chi connectivity index (χ4v) is 2.17. The van der Waals surface area contributed by atoms with Gasteiger partial charge in [-0.15, -0.1) is 0 Å². The van der Waals surface area contributed by atoms with Crippen LogP contribution in [0.2, 0.25) is 0 Å². The Morgan fingerprint density at radius 2 is 1.73 bits per heavy atom. The van der Waals surface area contributed by atoms with Gasteiger partial charge in [-0.2, -0.15) is 0 Å². The van der Waals surface area contributed by atoms with Crippen LogP contribution in [-0.4, -0.2) is 73.4 Å². The third-order valence-electron chi connectivity index (χ3n) is 3.23. The zero-order valence-electron chi connectivity index (χ0n) is 13.1. The molecular weight excluding hydrogens is 292 g/mol. The van der Waals surface area contributed by atoms with E-state index in [4.69, 9.17) is 4.74 Å². The van der Waals surface area contributed by atoms with Crippen LogP contribution in [-0.2, 0) is 28.7 Å². The number of likely N-dealkylation sites (N-methyl/N-ethyl adjacent to an activating group) is 1. The zero-order chi connectivity index (χ0) is 16.9. The Morgan fingerprint density at radius 1 is 1.14 bits per heavy atom. The summed E-state index contributed by atoms with van der Waals surface area (Å²) in [7, 11) is 4.38. The quantitative estimate of drug-likeness (QED) is 0.505. The molecule has 0 radical (unpaired) electrons. The first-order valence-electron chi connectivity index (χ1n) is 6.71. The number of esters is 2. The molecule has 8 nitrogen and oxygen atoms in total. The maximum atomic E-state index is 12.1. The zero-order valence-corrected chi connectivity index (χ0v) is 13.1. The van der Waals surface area contributed by atoms with E-state index in [0.717, 1.165) is 12.2 Å². The van der Waals surface area contributed by atoms with Gasteiger partial charge in [0.15, 0.2) is 0 Å². The highest BCUT2D eigenvalue weighted by Gasteiger charge is 2.40. The van der Waals surface area contributed by atoms with Crippen LogP contribution in [0.5, 0.6) is 0 Å². The Hall–Kier alpha value is -2.38. The van der Waals surface area contributed by atoms with Crippen molar-refractivity contribution < 1.29 is 28.7 Å². The molecule has 1 fully saturated rings. The Morgan fingerprint density at radius 3 is 2.23 bits per heavy atom. The lowest BCUT2D eigenvalue weighted by Gasteiger charge is -2.24. The van der Waals surface area contributed by atoms with Gasteiger partial charge in [-0.3, -0.25) is 9.59 Å². The van der Waals surface area contributed by atoms with E-state index in [1.165, 1.54) is 23.8 Å². The molecule has 1 saturated heterocycles. The minimum Gasteiger partial charge on any atom is -0.466 e. The van der Waals surface area contributed by atoms with Gasteiger partial charge >= 0.3 is 11.9 Å². The summed E-state index contributed by atoms with van der Waals surface area (Å²) in [5.74, 6) is -1.88. The molecule has 22 heavy (non-hydrogen) atoms. The van der Waals surface area contributed by atoms with Gasteiger partial charge in [-0.1, -0.05) is 0 Å². The van der Waals surface area contributed by atoms with Gasteiger partial charge in [0.1, 0.15) is 12.1 Å². The van der Waals surface area contributed by atoms with Crippen molar-refractivity contribution in [2.45, 2.75) is 25.5 Å². The van der Waals surface area contributed by atoms with Crippen molar-refractivity contribution >= 4 is 23.8 Å². The van der Waals surface area contributed by atoms with Crippen molar-refractivity contribution in [1.82, 2.24) is 9.80 Å². The van der Waals surface area contributed by atoms with Crippen molar-refractivity contribution in [3.8, 4) is 0 Å². The van der Waals surface area contributed by atoms with E-state index in [1.54, 1.807) is 14.1 Å². The average molecular weight is 312 g/mol. The fraction of sp³-hybridized carbons (Fsp3) is 0.571. The number of carbonyl (C=O) groups excluding carboxylic acids is 4. The molecule has 1 heterocycles. The van der Waals surface area contributed by atoms with E-state index in [1.807, 2.05) is 0 Å². The summed E-state index contributed by atoms with van der Waals surface area (Å²) in [5.41, 5.74) is 0. The van der Waals surface area contributed by atoms with Crippen molar-refractivity contribution in [2.75, 3.05) is 27.7 Å². The van der Waals surface area contributed by atoms with Crippen LogP contribution >= 0.6 is 0 Å². The van der Waals surface area contributed by atoms with Crippen LogP contribution in [0.15, 0.2) is 12.2 Å². The van der Waals surface area contributed by atoms with E-state index >= 15 is 0 Å². The summed E-state index contributed by atoms with van der Waals surface area (Å²) in [6, 6.07) is -0.644. The van der Waals surface area contributed by atoms with E-state index in [9.17, 15) is 19.2 Å². The molecule has 1 rings (SSSR count). The predicted molar refractivity (Wildman–Crippen MR) is 75.5 cm³/mol. The fourth-order valence-electron chi connectivity index (χ4n) is 2.17. The molecule has 2 amide bonds. The number of ether oxygens (including phenoxy) is 2. The van der Waals surface area contributed by atoms with Gasteiger partial charge in [-0.05, 0) is 0 Å². The lowest BCUT2D eigenvalue weighted by Crippen LogP contribution is -2.44. The molecule has 0 unspecified atom stereocenters. The minimum atomic E-state index is -0.725.